The van der Waals surface area contributed by atoms with Gasteiger partial charge in [-0.15, -0.1) is 0 Å². The van der Waals surface area contributed by atoms with Gasteiger partial charge in [-0.05, 0) is 25.5 Å². The molecule has 0 fully saturated rings. The van der Waals surface area contributed by atoms with E-state index in [1.54, 1.807) is 19.2 Å². The molecule has 1 aliphatic heterocycles. The molecule has 0 aromatic heterocycles. The normalized spacial score (nSPS) is 21.4. The molecule has 5 nitrogen and oxygen atoms in total. The molecule has 2 atom stereocenters. The summed E-state index contributed by atoms with van der Waals surface area (Å²) in [6.07, 6.45) is -4.44. The van der Waals surface area contributed by atoms with Gasteiger partial charge in [0.2, 0.25) is 0 Å². The van der Waals surface area contributed by atoms with Crippen LogP contribution in [0, 0.1) is 0 Å². The molecule has 1 aliphatic rings. The predicted octanol–water partition coefficient (Wildman–Crippen LogP) is 3.43. The van der Waals surface area contributed by atoms with Crippen molar-refractivity contribution in [3.05, 3.63) is 23.2 Å². The van der Waals surface area contributed by atoms with E-state index in [2.05, 4.69) is 5.32 Å². The van der Waals surface area contributed by atoms with Crippen molar-refractivity contribution in [1.82, 2.24) is 10.6 Å². The van der Waals surface area contributed by atoms with Gasteiger partial charge in [-0.3, -0.25) is 5.32 Å². The third kappa shape index (κ3) is 3.16. The summed E-state index contributed by atoms with van der Waals surface area (Å²) in [5.74, 6) is -3.64. The van der Waals surface area contributed by atoms with Gasteiger partial charge in [0.15, 0.2) is 11.5 Å². The third-order valence-electron chi connectivity index (χ3n) is 3.05. The van der Waals surface area contributed by atoms with Crippen LogP contribution < -0.4 is 20.1 Å². The van der Waals surface area contributed by atoms with Crippen LogP contribution >= 0.6 is 11.6 Å². The number of alkyl halides is 3. The molecular formula is C13H14ClF3N2O3. The Hall–Kier alpha value is -1.83. The molecule has 1 heterocycles. The highest BCUT2D eigenvalue weighted by Gasteiger charge is 2.65. The summed E-state index contributed by atoms with van der Waals surface area (Å²) in [6.45, 7) is 3.44. The molecule has 0 radical (unpaired) electrons. The van der Waals surface area contributed by atoms with Gasteiger partial charge in [0, 0.05) is 17.1 Å². The molecule has 1 aromatic rings. The molecule has 0 bridgehead atoms. The lowest BCUT2D eigenvalue weighted by molar-refractivity contribution is -0.317. The number of urea groups is 1. The Balaban J connectivity index is 2.24. The Morgan fingerprint density at radius 2 is 2.00 bits per heavy atom. The molecule has 0 spiro atoms. The van der Waals surface area contributed by atoms with Crippen molar-refractivity contribution in [2.45, 2.75) is 38.4 Å². The number of amides is 2. The lowest BCUT2D eigenvalue weighted by Crippen LogP contribution is -2.66. The Kier molecular flexibility index (Phi) is 4.32. The van der Waals surface area contributed by atoms with Crippen LogP contribution in [0.5, 0.6) is 11.5 Å². The number of halogens is 4. The van der Waals surface area contributed by atoms with Crippen molar-refractivity contribution in [3.8, 4) is 11.5 Å². The lowest BCUT2D eigenvalue weighted by atomic mass is 10.3. The smallest absolute Gasteiger partial charge is 0.424 e. The summed E-state index contributed by atoms with van der Waals surface area (Å²) in [5.41, 5.74) is 0. The van der Waals surface area contributed by atoms with Crippen LogP contribution in [0.1, 0.15) is 20.3 Å². The monoisotopic (exact) mass is 338 g/mol. The predicted molar refractivity (Wildman–Crippen MR) is 72.9 cm³/mol. The Bertz CT molecular complexity index is 582. The van der Waals surface area contributed by atoms with E-state index in [1.807, 2.05) is 0 Å². The Morgan fingerprint density at radius 3 is 2.59 bits per heavy atom. The van der Waals surface area contributed by atoms with Crippen LogP contribution in [0.2, 0.25) is 5.02 Å². The molecule has 9 heteroatoms. The quantitative estimate of drug-likeness (QED) is 0.887. The first kappa shape index (κ1) is 16.5. The van der Waals surface area contributed by atoms with Crippen LogP contribution in [0.4, 0.5) is 18.0 Å². The first-order chi connectivity index (χ1) is 10.2. The van der Waals surface area contributed by atoms with E-state index in [9.17, 15) is 18.0 Å². The van der Waals surface area contributed by atoms with Gasteiger partial charge in [-0.1, -0.05) is 18.5 Å². The molecule has 0 saturated carbocycles. The summed E-state index contributed by atoms with van der Waals surface area (Å²) in [4.78, 5) is 11.7. The van der Waals surface area contributed by atoms with Gasteiger partial charge in [0.05, 0.1) is 0 Å². The zero-order valence-electron chi connectivity index (χ0n) is 11.8. The minimum atomic E-state index is -4.99. The molecular weight excluding hydrogens is 325 g/mol. The topological polar surface area (TPSA) is 59.6 Å². The molecule has 2 rings (SSSR count). The van der Waals surface area contributed by atoms with Crippen molar-refractivity contribution in [2.24, 2.45) is 0 Å². The first-order valence-corrected chi connectivity index (χ1v) is 6.87. The highest BCUT2D eigenvalue weighted by Crippen LogP contribution is 2.45. The summed E-state index contributed by atoms with van der Waals surface area (Å²) < 4.78 is 49.7. The zero-order valence-corrected chi connectivity index (χ0v) is 12.5. The number of nitrogens with one attached hydrogen (secondary N) is 2. The Labute approximate surface area is 129 Å². The standard InChI is InChI=1S/C13H14ClF3N2O3/c1-3-7(2)18-11(20)19-13(12(15,16)17)21-9-5-4-8(14)6-10(9)22-13/h4-7H,3H2,1-2H3,(H2,18,19,20). The van der Waals surface area contributed by atoms with E-state index in [-0.39, 0.29) is 22.6 Å². The molecule has 22 heavy (non-hydrogen) atoms. The number of carbonyl (C=O) groups excluding carboxylic acids is 1. The van der Waals surface area contributed by atoms with Crippen LogP contribution in [-0.2, 0) is 0 Å². The number of hydrogen-bond acceptors (Lipinski definition) is 3. The zero-order chi connectivity index (χ0) is 16.5. The van der Waals surface area contributed by atoms with Gasteiger partial charge in [0.1, 0.15) is 0 Å². The number of rotatable bonds is 3. The molecule has 0 saturated heterocycles. The van der Waals surface area contributed by atoms with E-state index in [1.165, 1.54) is 18.2 Å². The Morgan fingerprint density at radius 1 is 1.36 bits per heavy atom. The van der Waals surface area contributed by atoms with E-state index >= 15 is 0 Å². The minimum Gasteiger partial charge on any atom is -0.424 e. The first-order valence-electron chi connectivity index (χ1n) is 6.50. The second kappa shape index (κ2) is 5.75. The number of benzene rings is 1. The highest BCUT2D eigenvalue weighted by atomic mass is 35.5. The van der Waals surface area contributed by atoms with E-state index in [0.29, 0.717) is 6.42 Å². The van der Waals surface area contributed by atoms with Crippen LogP contribution in [0.15, 0.2) is 18.2 Å². The lowest BCUT2D eigenvalue weighted by Gasteiger charge is -2.30. The van der Waals surface area contributed by atoms with Gasteiger partial charge < -0.3 is 14.8 Å². The van der Waals surface area contributed by atoms with E-state index < -0.39 is 18.1 Å². The summed E-state index contributed by atoms with van der Waals surface area (Å²) in [7, 11) is 0. The van der Waals surface area contributed by atoms with Crippen LogP contribution in [-0.4, -0.2) is 24.2 Å². The van der Waals surface area contributed by atoms with Crippen LogP contribution in [0.25, 0.3) is 0 Å². The molecule has 0 aliphatic carbocycles. The average molecular weight is 339 g/mol. The number of hydrogen-bond donors (Lipinski definition) is 2. The number of fused-ring (bicyclic) bond motifs is 1. The van der Waals surface area contributed by atoms with Crippen molar-refractivity contribution >= 4 is 17.6 Å². The minimum absolute atomic E-state index is 0.162. The summed E-state index contributed by atoms with van der Waals surface area (Å²) >= 11 is 5.71. The summed E-state index contributed by atoms with van der Waals surface area (Å²) in [5, 5.41) is 4.24. The number of ether oxygens (including phenoxy) is 2. The second-order valence-electron chi connectivity index (χ2n) is 4.82. The second-order valence-corrected chi connectivity index (χ2v) is 5.25. The SMILES string of the molecule is CCC(C)NC(=O)NC1(C(F)(F)F)Oc2ccc(Cl)cc2O1. The van der Waals surface area contributed by atoms with Gasteiger partial charge in [0.25, 0.3) is 0 Å². The maximum atomic E-state index is 13.3. The van der Waals surface area contributed by atoms with Crippen LogP contribution in [0.3, 0.4) is 0 Å². The molecule has 2 amide bonds. The largest absolute Gasteiger partial charge is 0.492 e. The van der Waals surface area contributed by atoms with Crippen molar-refractivity contribution in [3.63, 3.8) is 0 Å². The maximum absolute atomic E-state index is 13.3. The summed E-state index contributed by atoms with van der Waals surface area (Å²) in [6, 6.07) is 2.42. The van der Waals surface area contributed by atoms with E-state index in [0.717, 1.165) is 0 Å². The van der Waals surface area contributed by atoms with Gasteiger partial charge >= 0.3 is 18.1 Å². The van der Waals surface area contributed by atoms with Crippen molar-refractivity contribution < 1.29 is 27.4 Å². The highest BCUT2D eigenvalue weighted by molar-refractivity contribution is 6.30. The maximum Gasteiger partial charge on any atom is 0.492 e. The van der Waals surface area contributed by atoms with Crippen molar-refractivity contribution in [2.75, 3.05) is 0 Å². The average Bonchev–Trinajstić information content (AvgIpc) is 2.76. The van der Waals surface area contributed by atoms with Crippen molar-refractivity contribution in [1.29, 1.82) is 0 Å². The number of carbonyl (C=O) groups is 1. The molecule has 1 aromatic carbocycles. The van der Waals surface area contributed by atoms with Gasteiger partial charge in [-0.25, -0.2) is 4.79 Å². The molecule has 122 valence electrons. The third-order valence-corrected chi connectivity index (χ3v) is 3.29. The molecule has 2 N–H and O–H groups in total. The molecule has 2 unspecified atom stereocenters. The fraction of sp³-hybridized carbons (Fsp3) is 0.462. The fourth-order valence-corrected chi connectivity index (χ4v) is 1.89. The van der Waals surface area contributed by atoms with E-state index in [4.69, 9.17) is 21.1 Å². The van der Waals surface area contributed by atoms with Gasteiger partial charge in [-0.2, -0.15) is 13.2 Å². The fourth-order valence-electron chi connectivity index (χ4n) is 1.73.